The lowest BCUT2D eigenvalue weighted by Crippen LogP contribution is -2.36. The highest BCUT2D eigenvalue weighted by atomic mass is 19.4. The second kappa shape index (κ2) is 6.67. The quantitative estimate of drug-likeness (QED) is 0.859. The largest absolute Gasteiger partial charge is 0.433 e. The van der Waals surface area contributed by atoms with Crippen molar-refractivity contribution in [1.82, 2.24) is 14.7 Å². The fourth-order valence-corrected chi connectivity index (χ4v) is 2.98. The number of benzene rings is 1. The summed E-state index contributed by atoms with van der Waals surface area (Å²) in [7, 11) is 0. The summed E-state index contributed by atoms with van der Waals surface area (Å²) in [4.78, 5) is 14.0. The molecule has 1 saturated heterocycles. The predicted octanol–water partition coefficient (Wildman–Crippen LogP) is 3.58. The monoisotopic (exact) mass is 337 g/mol. The average Bonchev–Trinajstić information content (AvgIpc) is 3.00. The average molecular weight is 337 g/mol. The van der Waals surface area contributed by atoms with Crippen molar-refractivity contribution in [3.8, 4) is 0 Å². The fourth-order valence-electron chi connectivity index (χ4n) is 2.98. The van der Waals surface area contributed by atoms with Gasteiger partial charge in [-0.15, -0.1) is 0 Å². The van der Waals surface area contributed by atoms with Crippen molar-refractivity contribution in [3.63, 3.8) is 0 Å². The van der Waals surface area contributed by atoms with Crippen LogP contribution in [0.15, 0.2) is 36.5 Å². The lowest BCUT2D eigenvalue weighted by atomic mass is 10.1. The van der Waals surface area contributed by atoms with Crippen LogP contribution in [0.5, 0.6) is 0 Å². The van der Waals surface area contributed by atoms with Gasteiger partial charge in [0, 0.05) is 13.1 Å². The highest BCUT2D eigenvalue weighted by Crippen LogP contribution is 2.33. The smallest absolute Gasteiger partial charge is 0.339 e. The molecule has 2 aromatic rings. The van der Waals surface area contributed by atoms with Crippen molar-refractivity contribution in [3.05, 3.63) is 53.3 Å². The number of aromatic nitrogens is 2. The molecular weight excluding hydrogens is 319 g/mol. The molecule has 0 spiro atoms. The summed E-state index contributed by atoms with van der Waals surface area (Å²) in [6, 6.07) is 8.77. The van der Waals surface area contributed by atoms with Crippen LogP contribution < -0.4 is 0 Å². The molecule has 1 aliphatic heterocycles. The summed E-state index contributed by atoms with van der Waals surface area (Å²) >= 11 is 0. The molecule has 7 heteroatoms. The highest BCUT2D eigenvalue weighted by molar-refractivity contribution is 5.95. The zero-order valence-corrected chi connectivity index (χ0v) is 13.1. The maximum Gasteiger partial charge on any atom is 0.433 e. The van der Waals surface area contributed by atoms with Crippen LogP contribution in [0.25, 0.3) is 0 Å². The summed E-state index contributed by atoms with van der Waals surface area (Å²) in [6.45, 7) is 0.975. The van der Waals surface area contributed by atoms with Crippen LogP contribution >= 0.6 is 0 Å². The van der Waals surface area contributed by atoms with Crippen molar-refractivity contribution in [1.29, 1.82) is 0 Å². The number of rotatable bonds is 3. The molecule has 4 nitrogen and oxygen atoms in total. The molecule has 3 rings (SSSR count). The molecule has 0 unspecified atom stereocenters. The number of amides is 1. The van der Waals surface area contributed by atoms with E-state index in [2.05, 4.69) is 5.10 Å². The number of carbonyl (C=O) groups excluding carboxylic acids is 1. The maximum absolute atomic E-state index is 13.5. The first-order valence-electron chi connectivity index (χ1n) is 7.93. The van der Waals surface area contributed by atoms with Gasteiger partial charge in [0.25, 0.3) is 5.91 Å². The van der Waals surface area contributed by atoms with Crippen molar-refractivity contribution >= 4 is 5.91 Å². The Balaban J connectivity index is 1.93. The third-order valence-corrected chi connectivity index (χ3v) is 4.16. The maximum atomic E-state index is 13.5. The van der Waals surface area contributed by atoms with Crippen molar-refractivity contribution < 1.29 is 18.0 Å². The van der Waals surface area contributed by atoms with Crippen LogP contribution in [0.3, 0.4) is 0 Å². The first kappa shape index (κ1) is 16.5. The second-order valence-corrected chi connectivity index (χ2v) is 5.90. The summed E-state index contributed by atoms with van der Waals surface area (Å²) in [6.07, 6.45) is -0.936. The summed E-state index contributed by atoms with van der Waals surface area (Å²) in [5, 5.41) is 3.84. The third kappa shape index (κ3) is 3.44. The zero-order chi connectivity index (χ0) is 17.2. The van der Waals surface area contributed by atoms with Gasteiger partial charge in [0.15, 0.2) is 5.69 Å². The van der Waals surface area contributed by atoms with E-state index in [0.717, 1.165) is 30.1 Å². The van der Waals surface area contributed by atoms with Gasteiger partial charge in [0.1, 0.15) is 0 Å². The lowest BCUT2D eigenvalue weighted by Gasteiger charge is -2.26. The van der Waals surface area contributed by atoms with Gasteiger partial charge in [-0.25, -0.2) is 0 Å². The molecule has 1 aromatic carbocycles. The molecule has 0 bridgehead atoms. The Morgan fingerprint density at radius 3 is 2.38 bits per heavy atom. The van der Waals surface area contributed by atoms with Crippen LogP contribution in [0.1, 0.15) is 40.9 Å². The third-order valence-electron chi connectivity index (χ3n) is 4.16. The van der Waals surface area contributed by atoms with E-state index in [9.17, 15) is 18.0 Å². The Morgan fingerprint density at radius 2 is 1.75 bits per heavy atom. The molecule has 0 saturated carbocycles. The number of nitrogens with zero attached hydrogens (tertiary/aromatic N) is 3. The first-order valence-corrected chi connectivity index (χ1v) is 7.93. The van der Waals surface area contributed by atoms with Gasteiger partial charge in [0.05, 0.1) is 18.3 Å². The van der Waals surface area contributed by atoms with E-state index in [1.54, 1.807) is 30.3 Å². The molecule has 0 radical (unpaired) electrons. The predicted molar refractivity (Wildman–Crippen MR) is 82.5 cm³/mol. The van der Waals surface area contributed by atoms with Crippen molar-refractivity contribution in [2.45, 2.75) is 32.0 Å². The Morgan fingerprint density at radius 1 is 1.08 bits per heavy atom. The van der Waals surface area contributed by atoms with Crippen LogP contribution in [0.2, 0.25) is 0 Å². The van der Waals surface area contributed by atoms with E-state index >= 15 is 0 Å². The first-order chi connectivity index (χ1) is 11.5. The van der Waals surface area contributed by atoms with Crippen molar-refractivity contribution in [2.75, 3.05) is 13.1 Å². The summed E-state index contributed by atoms with van der Waals surface area (Å²) < 4.78 is 41.5. The zero-order valence-electron chi connectivity index (χ0n) is 13.1. The van der Waals surface area contributed by atoms with Gasteiger partial charge in [-0.05, 0) is 24.8 Å². The SMILES string of the molecule is O=C(c1cnn(Cc2ccccc2)c1C(F)(F)F)N1CCCCC1. The van der Waals surface area contributed by atoms with E-state index in [0.29, 0.717) is 18.7 Å². The molecule has 0 aliphatic carbocycles. The normalized spacial score (nSPS) is 15.5. The van der Waals surface area contributed by atoms with Gasteiger partial charge < -0.3 is 4.90 Å². The standard InChI is InChI=1S/C17H18F3N3O/c18-17(19,20)15-14(16(24)22-9-5-2-6-10-22)11-21-23(15)12-13-7-3-1-4-8-13/h1,3-4,7-8,11H,2,5-6,9-10,12H2. The van der Waals surface area contributed by atoms with E-state index in [1.807, 2.05) is 0 Å². The van der Waals surface area contributed by atoms with Crippen LogP contribution in [0.4, 0.5) is 13.2 Å². The topological polar surface area (TPSA) is 38.1 Å². The number of likely N-dealkylation sites (tertiary alicyclic amines) is 1. The lowest BCUT2D eigenvalue weighted by molar-refractivity contribution is -0.144. The van der Waals surface area contributed by atoms with E-state index in [1.165, 1.54) is 4.90 Å². The van der Waals surface area contributed by atoms with E-state index in [4.69, 9.17) is 0 Å². The molecule has 0 N–H and O–H groups in total. The molecule has 128 valence electrons. The minimum Gasteiger partial charge on any atom is -0.339 e. The second-order valence-electron chi connectivity index (χ2n) is 5.90. The molecule has 24 heavy (non-hydrogen) atoms. The number of alkyl halides is 3. The van der Waals surface area contributed by atoms with E-state index < -0.39 is 17.8 Å². The molecule has 1 aliphatic rings. The Bertz CT molecular complexity index is 704. The molecule has 1 aromatic heterocycles. The highest BCUT2D eigenvalue weighted by Gasteiger charge is 2.41. The van der Waals surface area contributed by atoms with Crippen LogP contribution in [-0.2, 0) is 12.7 Å². The van der Waals surface area contributed by atoms with Gasteiger partial charge in [-0.1, -0.05) is 30.3 Å². The van der Waals surface area contributed by atoms with Gasteiger partial charge in [-0.2, -0.15) is 18.3 Å². The minimum absolute atomic E-state index is 0.0248. The Hall–Kier alpha value is -2.31. The molecule has 1 amide bonds. The molecule has 1 fully saturated rings. The summed E-state index contributed by atoms with van der Waals surface area (Å²) in [5.41, 5.74) is -0.634. The van der Waals surface area contributed by atoms with Gasteiger partial charge in [0.2, 0.25) is 0 Å². The Labute approximate surface area is 137 Å². The van der Waals surface area contributed by atoms with Crippen molar-refractivity contribution in [2.24, 2.45) is 0 Å². The van der Waals surface area contributed by atoms with Gasteiger partial charge in [-0.3, -0.25) is 9.48 Å². The number of halogens is 3. The van der Waals surface area contributed by atoms with E-state index in [-0.39, 0.29) is 12.1 Å². The molecular formula is C17H18F3N3O. The molecule has 0 atom stereocenters. The van der Waals surface area contributed by atoms with Gasteiger partial charge >= 0.3 is 6.18 Å². The number of piperidine rings is 1. The fraction of sp³-hybridized carbons (Fsp3) is 0.412. The Kier molecular flexibility index (Phi) is 4.59. The summed E-state index contributed by atoms with van der Waals surface area (Å²) in [5.74, 6) is -0.582. The van der Waals surface area contributed by atoms with Crippen LogP contribution in [-0.4, -0.2) is 33.7 Å². The minimum atomic E-state index is -4.63. The number of carbonyl (C=O) groups is 1. The molecule has 2 heterocycles. The van der Waals surface area contributed by atoms with Crippen LogP contribution in [0, 0.1) is 0 Å². The number of hydrogen-bond donors (Lipinski definition) is 0. The number of hydrogen-bond acceptors (Lipinski definition) is 2.